The van der Waals surface area contributed by atoms with E-state index in [2.05, 4.69) is 15.6 Å². The summed E-state index contributed by atoms with van der Waals surface area (Å²) in [6.07, 6.45) is 0. The van der Waals surface area contributed by atoms with Crippen molar-refractivity contribution in [3.63, 3.8) is 0 Å². The second kappa shape index (κ2) is 7.27. The van der Waals surface area contributed by atoms with Crippen LogP contribution in [0.15, 0.2) is 48.5 Å². The lowest BCUT2D eigenvalue weighted by Crippen LogP contribution is -2.16. The SMILES string of the molecule is COCc1c(C(=O)Nc2cccc(C)c2C)nnn1-c1ccccc1. The van der Waals surface area contributed by atoms with Gasteiger partial charge in [-0.3, -0.25) is 4.79 Å². The van der Waals surface area contributed by atoms with Crippen molar-refractivity contribution in [1.82, 2.24) is 15.0 Å². The van der Waals surface area contributed by atoms with Gasteiger partial charge in [0.05, 0.1) is 12.3 Å². The van der Waals surface area contributed by atoms with Gasteiger partial charge in [-0.25, -0.2) is 4.68 Å². The van der Waals surface area contributed by atoms with E-state index in [0.29, 0.717) is 5.69 Å². The molecule has 3 aromatic rings. The largest absolute Gasteiger partial charge is 0.378 e. The van der Waals surface area contributed by atoms with E-state index in [1.54, 1.807) is 11.8 Å². The van der Waals surface area contributed by atoms with Crippen LogP contribution in [0.1, 0.15) is 27.3 Å². The molecule has 0 aliphatic heterocycles. The summed E-state index contributed by atoms with van der Waals surface area (Å²) in [6.45, 7) is 4.21. The molecule has 1 heterocycles. The number of nitrogens with one attached hydrogen (secondary N) is 1. The number of para-hydroxylation sites is 1. The first kappa shape index (κ1) is 16.9. The Bertz CT molecular complexity index is 888. The van der Waals surface area contributed by atoms with Gasteiger partial charge in [0.2, 0.25) is 0 Å². The number of amides is 1. The van der Waals surface area contributed by atoms with E-state index in [1.807, 2.05) is 62.4 Å². The van der Waals surface area contributed by atoms with Gasteiger partial charge in [-0.15, -0.1) is 5.10 Å². The van der Waals surface area contributed by atoms with E-state index in [4.69, 9.17) is 4.74 Å². The highest BCUT2D eigenvalue weighted by molar-refractivity contribution is 6.04. The summed E-state index contributed by atoms with van der Waals surface area (Å²) < 4.78 is 6.88. The normalized spacial score (nSPS) is 10.7. The molecule has 0 radical (unpaired) electrons. The third-order valence-corrected chi connectivity index (χ3v) is 4.11. The van der Waals surface area contributed by atoms with Gasteiger partial charge in [-0.1, -0.05) is 35.5 Å². The smallest absolute Gasteiger partial charge is 0.278 e. The van der Waals surface area contributed by atoms with Crippen molar-refractivity contribution in [1.29, 1.82) is 0 Å². The van der Waals surface area contributed by atoms with Crippen LogP contribution in [0.25, 0.3) is 5.69 Å². The number of hydrogen-bond acceptors (Lipinski definition) is 4. The van der Waals surface area contributed by atoms with Crippen molar-refractivity contribution in [2.45, 2.75) is 20.5 Å². The maximum absolute atomic E-state index is 12.7. The number of nitrogens with zero attached hydrogens (tertiary/aromatic N) is 3. The van der Waals surface area contributed by atoms with Gasteiger partial charge in [0.25, 0.3) is 5.91 Å². The number of aryl methyl sites for hydroxylation is 1. The van der Waals surface area contributed by atoms with Crippen LogP contribution in [0.2, 0.25) is 0 Å². The average Bonchev–Trinajstić information content (AvgIpc) is 3.04. The van der Waals surface area contributed by atoms with Gasteiger partial charge in [0.15, 0.2) is 5.69 Å². The summed E-state index contributed by atoms with van der Waals surface area (Å²) in [4.78, 5) is 12.7. The number of carbonyl (C=O) groups is 1. The van der Waals surface area contributed by atoms with Gasteiger partial charge in [0.1, 0.15) is 5.69 Å². The fraction of sp³-hybridized carbons (Fsp3) is 0.211. The molecule has 1 amide bonds. The lowest BCUT2D eigenvalue weighted by atomic mass is 10.1. The molecule has 0 bridgehead atoms. The molecule has 6 heteroatoms. The molecule has 0 aliphatic carbocycles. The van der Waals surface area contributed by atoms with Crippen molar-refractivity contribution in [3.8, 4) is 5.69 Å². The summed E-state index contributed by atoms with van der Waals surface area (Å²) in [7, 11) is 1.58. The molecule has 6 nitrogen and oxygen atoms in total. The Morgan fingerprint density at radius 1 is 1.12 bits per heavy atom. The molecular weight excluding hydrogens is 316 g/mol. The van der Waals surface area contributed by atoms with Crippen LogP contribution in [-0.2, 0) is 11.3 Å². The molecular formula is C19H20N4O2. The van der Waals surface area contributed by atoms with Crippen molar-refractivity contribution in [3.05, 3.63) is 71.0 Å². The fourth-order valence-corrected chi connectivity index (χ4v) is 2.59. The molecule has 3 rings (SSSR count). The van der Waals surface area contributed by atoms with E-state index in [-0.39, 0.29) is 18.2 Å². The Kier molecular flexibility index (Phi) is 4.90. The molecule has 0 saturated carbocycles. The highest BCUT2D eigenvalue weighted by Crippen LogP contribution is 2.20. The minimum absolute atomic E-state index is 0.234. The van der Waals surface area contributed by atoms with E-state index >= 15 is 0 Å². The first-order valence-corrected chi connectivity index (χ1v) is 7.98. The monoisotopic (exact) mass is 336 g/mol. The lowest BCUT2D eigenvalue weighted by molar-refractivity contribution is 0.101. The maximum Gasteiger partial charge on any atom is 0.278 e. The number of aromatic nitrogens is 3. The molecule has 25 heavy (non-hydrogen) atoms. The van der Waals surface area contributed by atoms with Gasteiger partial charge in [-0.05, 0) is 43.2 Å². The third-order valence-electron chi connectivity index (χ3n) is 4.11. The van der Waals surface area contributed by atoms with Gasteiger partial charge in [0, 0.05) is 12.8 Å². The Morgan fingerprint density at radius 2 is 1.88 bits per heavy atom. The predicted molar refractivity (Wildman–Crippen MR) is 95.9 cm³/mol. The summed E-state index contributed by atoms with van der Waals surface area (Å²) in [5.41, 5.74) is 4.60. The molecule has 1 N–H and O–H groups in total. The molecule has 0 atom stereocenters. The quantitative estimate of drug-likeness (QED) is 0.776. The fourth-order valence-electron chi connectivity index (χ4n) is 2.59. The van der Waals surface area contributed by atoms with Crippen LogP contribution in [0.5, 0.6) is 0 Å². The first-order chi connectivity index (χ1) is 12.1. The number of anilines is 1. The second-order valence-corrected chi connectivity index (χ2v) is 5.77. The minimum atomic E-state index is -0.303. The van der Waals surface area contributed by atoms with Gasteiger partial charge < -0.3 is 10.1 Å². The molecule has 0 fully saturated rings. The molecule has 0 saturated heterocycles. The molecule has 128 valence electrons. The second-order valence-electron chi connectivity index (χ2n) is 5.77. The highest BCUT2D eigenvalue weighted by atomic mass is 16.5. The average molecular weight is 336 g/mol. The molecule has 0 aliphatic rings. The van der Waals surface area contributed by atoms with Crippen molar-refractivity contribution < 1.29 is 9.53 Å². The Morgan fingerprint density at radius 3 is 2.60 bits per heavy atom. The Hall–Kier alpha value is -2.99. The first-order valence-electron chi connectivity index (χ1n) is 7.98. The van der Waals surface area contributed by atoms with Gasteiger partial charge in [-0.2, -0.15) is 0 Å². The summed E-state index contributed by atoms with van der Waals surface area (Å²) in [5.74, 6) is -0.303. The summed E-state index contributed by atoms with van der Waals surface area (Å²) in [6, 6.07) is 15.3. The predicted octanol–water partition coefficient (Wildman–Crippen LogP) is 3.28. The van der Waals surface area contributed by atoms with Crippen LogP contribution in [-0.4, -0.2) is 28.0 Å². The van der Waals surface area contributed by atoms with Crippen molar-refractivity contribution >= 4 is 11.6 Å². The van der Waals surface area contributed by atoms with Crippen LogP contribution in [0, 0.1) is 13.8 Å². The number of ether oxygens (including phenoxy) is 1. The molecule has 0 spiro atoms. The molecule has 1 aromatic heterocycles. The zero-order valence-corrected chi connectivity index (χ0v) is 14.5. The topological polar surface area (TPSA) is 69.0 Å². The highest BCUT2D eigenvalue weighted by Gasteiger charge is 2.21. The summed E-state index contributed by atoms with van der Waals surface area (Å²) >= 11 is 0. The zero-order chi connectivity index (χ0) is 17.8. The Balaban J connectivity index is 1.95. The minimum Gasteiger partial charge on any atom is -0.378 e. The van der Waals surface area contributed by atoms with Crippen LogP contribution in [0.4, 0.5) is 5.69 Å². The van der Waals surface area contributed by atoms with Crippen LogP contribution < -0.4 is 5.32 Å². The number of methoxy groups -OCH3 is 1. The van der Waals surface area contributed by atoms with E-state index < -0.39 is 0 Å². The van der Waals surface area contributed by atoms with E-state index in [0.717, 1.165) is 22.5 Å². The third kappa shape index (κ3) is 3.44. The molecule has 0 unspecified atom stereocenters. The zero-order valence-electron chi connectivity index (χ0n) is 14.5. The maximum atomic E-state index is 12.7. The van der Waals surface area contributed by atoms with Crippen LogP contribution in [0.3, 0.4) is 0 Å². The number of benzene rings is 2. The van der Waals surface area contributed by atoms with Gasteiger partial charge >= 0.3 is 0 Å². The van der Waals surface area contributed by atoms with E-state index in [9.17, 15) is 4.79 Å². The number of rotatable bonds is 5. The molecule has 2 aromatic carbocycles. The van der Waals surface area contributed by atoms with E-state index in [1.165, 1.54) is 0 Å². The van der Waals surface area contributed by atoms with Crippen molar-refractivity contribution in [2.75, 3.05) is 12.4 Å². The van der Waals surface area contributed by atoms with Crippen molar-refractivity contribution in [2.24, 2.45) is 0 Å². The number of hydrogen-bond donors (Lipinski definition) is 1. The lowest BCUT2D eigenvalue weighted by Gasteiger charge is -2.10. The Labute approximate surface area is 146 Å². The standard InChI is InChI=1S/C19H20N4O2/c1-13-8-7-11-16(14(13)2)20-19(24)18-17(12-25-3)23(22-21-18)15-9-5-4-6-10-15/h4-11H,12H2,1-3H3,(H,20,24). The summed E-state index contributed by atoms with van der Waals surface area (Å²) in [5, 5.41) is 11.1. The number of carbonyl (C=O) groups excluding carboxylic acids is 1. The van der Waals surface area contributed by atoms with Crippen LogP contribution >= 0.6 is 0 Å².